The van der Waals surface area contributed by atoms with E-state index in [1.165, 1.54) is 21.4 Å². The van der Waals surface area contributed by atoms with Crippen molar-refractivity contribution in [2.24, 2.45) is 5.41 Å². The van der Waals surface area contributed by atoms with E-state index in [1.54, 1.807) is 11.0 Å². The molecule has 2 aliphatic carbocycles. The highest BCUT2D eigenvalue weighted by molar-refractivity contribution is 5.97. The summed E-state index contributed by atoms with van der Waals surface area (Å²) in [5, 5.41) is 17.8. The largest absolute Gasteiger partial charge is 0.492 e. The van der Waals surface area contributed by atoms with E-state index in [0.29, 0.717) is 37.5 Å². The van der Waals surface area contributed by atoms with E-state index in [1.807, 2.05) is 6.92 Å². The molecule has 0 aromatic carbocycles. The minimum atomic E-state index is -0.583. The number of carbonyl (C=O) groups is 2. The normalized spacial score (nSPS) is 22.1. The van der Waals surface area contributed by atoms with Gasteiger partial charge in [0.1, 0.15) is 5.65 Å². The van der Waals surface area contributed by atoms with E-state index >= 15 is 0 Å². The van der Waals surface area contributed by atoms with Gasteiger partial charge in [0.15, 0.2) is 5.56 Å². The molecule has 2 N–H and O–H groups in total. The van der Waals surface area contributed by atoms with Crippen LogP contribution in [0.3, 0.4) is 0 Å². The van der Waals surface area contributed by atoms with Gasteiger partial charge >= 0.3 is 0 Å². The average Bonchev–Trinajstić information content (AvgIpc) is 3.69. The lowest BCUT2D eigenvalue weighted by Gasteiger charge is -2.32. The van der Waals surface area contributed by atoms with Crippen LogP contribution in [0.4, 0.5) is 0 Å². The number of ether oxygens (including phenoxy) is 1. The molecule has 3 heterocycles. The molecule has 2 aromatic rings. The Morgan fingerprint density at radius 1 is 1.36 bits per heavy atom. The molecule has 10 nitrogen and oxygen atoms in total. The van der Waals surface area contributed by atoms with Gasteiger partial charge in [0.25, 0.3) is 11.5 Å². The van der Waals surface area contributed by atoms with E-state index in [-0.39, 0.29) is 29.0 Å². The summed E-state index contributed by atoms with van der Waals surface area (Å²) in [5.41, 5.74) is 0.00308. The van der Waals surface area contributed by atoms with E-state index in [9.17, 15) is 19.5 Å². The molecule has 1 atom stereocenters. The summed E-state index contributed by atoms with van der Waals surface area (Å²) >= 11 is 0. The van der Waals surface area contributed by atoms with Crippen molar-refractivity contribution < 1.29 is 19.4 Å². The van der Waals surface area contributed by atoms with Crippen molar-refractivity contribution in [2.75, 3.05) is 19.8 Å². The summed E-state index contributed by atoms with van der Waals surface area (Å²) in [7, 11) is 0. The maximum Gasteiger partial charge on any atom is 0.270 e. The zero-order valence-corrected chi connectivity index (χ0v) is 18.9. The van der Waals surface area contributed by atoms with E-state index < -0.39 is 17.3 Å². The number of carbonyl (C=O) groups excluding carboxylic acids is 2. The van der Waals surface area contributed by atoms with Crippen molar-refractivity contribution in [1.82, 2.24) is 24.4 Å². The monoisotopic (exact) mass is 455 g/mol. The molecule has 3 fully saturated rings. The van der Waals surface area contributed by atoms with Gasteiger partial charge < -0.3 is 20.1 Å². The molecule has 2 amide bonds. The molecule has 5 rings (SSSR count). The first-order chi connectivity index (χ1) is 15.8. The fourth-order valence-electron chi connectivity index (χ4n) is 4.23. The Morgan fingerprint density at radius 2 is 2.12 bits per heavy atom. The summed E-state index contributed by atoms with van der Waals surface area (Å²) in [4.78, 5) is 40.6. The molecule has 2 aromatic heterocycles. The van der Waals surface area contributed by atoms with Gasteiger partial charge in [0.05, 0.1) is 25.5 Å². The Bertz CT molecular complexity index is 1200. The van der Waals surface area contributed by atoms with Crippen LogP contribution in [0, 0.1) is 5.41 Å². The third-order valence-electron chi connectivity index (χ3n) is 6.75. The van der Waals surface area contributed by atoms with Crippen LogP contribution in [0.15, 0.2) is 17.1 Å². The molecule has 2 saturated carbocycles. The molecule has 0 spiro atoms. The number of fused-ring (bicyclic) bond motifs is 1. The fraction of sp³-hybridized carbons (Fsp3) is 0.565. The number of morpholine rings is 1. The van der Waals surface area contributed by atoms with Crippen LogP contribution in [-0.4, -0.2) is 67.8 Å². The predicted molar refractivity (Wildman–Crippen MR) is 120 cm³/mol. The molecule has 0 radical (unpaired) electrons. The molecule has 1 aliphatic heterocycles. The zero-order valence-electron chi connectivity index (χ0n) is 18.9. The summed E-state index contributed by atoms with van der Waals surface area (Å²) in [5.74, 6) is -1.23. The van der Waals surface area contributed by atoms with E-state index in [0.717, 1.165) is 25.7 Å². The van der Waals surface area contributed by atoms with E-state index in [2.05, 4.69) is 17.3 Å². The standard InChI is InChI=1S/C23H29N5O5/c1-14-12-33-10-9-26(14)17(29)6-3-15-11-24-28-20(15)27(13-23(2)7-8-23)21(31)18(22(28)32)19(30)25-16-4-5-16/h3,6,11,14,16,32H,4-5,7-10,12-13H2,1-2H3,(H,25,30). The lowest BCUT2D eigenvalue weighted by Crippen LogP contribution is -2.46. The van der Waals surface area contributed by atoms with Gasteiger partial charge in [0, 0.05) is 30.8 Å². The van der Waals surface area contributed by atoms with Gasteiger partial charge in [-0.2, -0.15) is 9.61 Å². The van der Waals surface area contributed by atoms with Crippen molar-refractivity contribution in [2.45, 2.75) is 58.2 Å². The lowest BCUT2D eigenvalue weighted by molar-refractivity contribution is -0.133. The van der Waals surface area contributed by atoms with Crippen molar-refractivity contribution >= 4 is 23.5 Å². The van der Waals surface area contributed by atoms with Crippen LogP contribution in [0.5, 0.6) is 5.88 Å². The molecule has 1 saturated heterocycles. The zero-order chi connectivity index (χ0) is 23.3. The minimum Gasteiger partial charge on any atom is -0.492 e. The summed E-state index contributed by atoms with van der Waals surface area (Å²) in [6.45, 7) is 5.93. The highest BCUT2D eigenvalue weighted by Gasteiger charge is 2.39. The van der Waals surface area contributed by atoms with Crippen molar-refractivity contribution in [3.8, 4) is 5.88 Å². The minimum absolute atomic E-state index is 0.0237. The highest BCUT2D eigenvalue weighted by atomic mass is 16.5. The molecule has 176 valence electrons. The molecule has 10 heteroatoms. The second-order valence-electron chi connectivity index (χ2n) is 9.77. The van der Waals surface area contributed by atoms with Gasteiger partial charge in [-0.15, -0.1) is 0 Å². The molecule has 3 aliphatic rings. The van der Waals surface area contributed by atoms with Crippen LogP contribution >= 0.6 is 0 Å². The van der Waals surface area contributed by atoms with Crippen LogP contribution in [0.2, 0.25) is 0 Å². The highest BCUT2D eigenvalue weighted by Crippen LogP contribution is 2.46. The van der Waals surface area contributed by atoms with Crippen molar-refractivity contribution in [3.63, 3.8) is 0 Å². The maximum absolute atomic E-state index is 13.4. The third kappa shape index (κ3) is 4.15. The predicted octanol–water partition coefficient (Wildman–Crippen LogP) is 1.15. The molecule has 33 heavy (non-hydrogen) atoms. The van der Waals surface area contributed by atoms with Crippen LogP contribution in [-0.2, 0) is 16.1 Å². The topological polar surface area (TPSA) is 118 Å². The number of aromatic hydroxyl groups is 1. The van der Waals surface area contributed by atoms with E-state index in [4.69, 9.17) is 4.74 Å². The second kappa shape index (κ2) is 8.02. The van der Waals surface area contributed by atoms with Gasteiger partial charge in [-0.3, -0.25) is 19.0 Å². The number of aromatic nitrogens is 3. The first-order valence-corrected chi connectivity index (χ1v) is 11.5. The maximum atomic E-state index is 13.4. The van der Waals surface area contributed by atoms with Crippen molar-refractivity contribution in [1.29, 1.82) is 0 Å². The molecule has 0 bridgehead atoms. The Hall–Kier alpha value is -3.14. The van der Waals surface area contributed by atoms with Gasteiger partial charge in [-0.1, -0.05) is 6.92 Å². The quantitative estimate of drug-likeness (QED) is 0.631. The molecule has 1 unspecified atom stereocenters. The lowest BCUT2D eigenvalue weighted by atomic mass is 10.1. The molecular weight excluding hydrogens is 426 g/mol. The summed E-state index contributed by atoms with van der Waals surface area (Å²) in [6.07, 6.45) is 8.25. The fourth-order valence-corrected chi connectivity index (χ4v) is 4.23. The van der Waals surface area contributed by atoms with Crippen LogP contribution in [0.1, 0.15) is 55.5 Å². The number of rotatable bonds is 6. The molecular formula is C23H29N5O5. The van der Waals surface area contributed by atoms with Gasteiger partial charge in [0.2, 0.25) is 11.8 Å². The Kier molecular flexibility index (Phi) is 5.27. The number of hydrogen-bond donors (Lipinski definition) is 2. The Balaban J connectivity index is 1.55. The SMILES string of the molecule is CC1COCCN1C(=O)C=Cc1cnn2c(O)c(C(=O)NC3CC3)c(=O)n(CC3(C)CC3)c12. The summed E-state index contributed by atoms with van der Waals surface area (Å²) < 4.78 is 8.13. The van der Waals surface area contributed by atoms with Crippen molar-refractivity contribution in [3.05, 3.63) is 33.8 Å². The number of amides is 2. The number of nitrogens with one attached hydrogen (secondary N) is 1. The Labute approximate surface area is 190 Å². The van der Waals surface area contributed by atoms with Gasteiger partial charge in [-0.25, -0.2) is 0 Å². The van der Waals surface area contributed by atoms with Gasteiger partial charge in [-0.05, 0) is 44.1 Å². The Morgan fingerprint density at radius 3 is 2.79 bits per heavy atom. The first kappa shape index (κ1) is 21.7. The van der Waals surface area contributed by atoms with Crippen LogP contribution in [0.25, 0.3) is 11.7 Å². The second-order valence-corrected chi connectivity index (χ2v) is 9.77. The summed E-state index contributed by atoms with van der Waals surface area (Å²) in [6, 6.07) is 0.0236. The smallest absolute Gasteiger partial charge is 0.270 e. The number of nitrogens with zero attached hydrogens (tertiary/aromatic N) is 4. The average molecular weight is 456 g/mol. The first-order valence-electron chi connectivity index (χ1n) is 11.5. The van der Waals surface area contributed by atoms with Crippen LogP contribution < -0.4 is 10.9 Å². The number of hydrogen-bond acceptors (Lipinski definition) is 6. The third-order valence-corrected chi connectivity index (χ3v) is 6.75.